The molecule has 1 aromatic carbocycles. The van der Waals surface area contributed by atoms with Crippen LogP contribution >= 0.6 is 22.6 Å². The standard InChI is InChI=1S/C12H12INO4/c13-7-1-2-9(15)8(5-7)10(16)14-6-12(3-4-12)11(17)18/h1-2,5,15H,3-4,6H2,(H,14,16)(H,17,18). The summed E-state index contributed by atoms with van der Waals surface area (Å²) in [7, 11) is 0. The van der Waals surface area contributed by atoms with Gasteiger partial charge in [-0.05, 0) is 53.6 Å². The summed E-state index contributed by atoms with van der Waals surface area (Å²) in [4.78, 5) is 22.8. The van der Waals surface area contributed by atoms with Gasteiger partial charge in [-0.15, -0.1) is 0 Å². The van der Waals surface area contributed by atoms with E-state index in [1.807, 2.05) is 22.6 Å². The van der Waals surface area contributed by atoms with Crippen LogP contribution < -0.4 is 5.32 Å². The molecule has 1 aromatic rings. The first-order valence-corrected chi connectivity index (χ1v) is 6.53. The van der Waals surface area contributed by atoms with Crippen LogP contribution in [0, 0.1) is 8.99 Å². The third kappa shape index (κ3) is 2.58. The minimum absolute atomic E-state index is 0.103. The third-order valence-electron chi connectivity index (χ3n) is 3.10. The van der Waals surface area contributed by atoms with Crippen LogP contribution in [0.25, 0.3) is 0 Å². The fraction of sp³-hybridized carbons (Fsp3) is 0.333. The van der Waals surface area contributed by atoms with Gasteiger partial charge < -0.3 is 15.5 Å². The molecule has 0 bridgehead atoms. The summed E-state index contributed by atoms with van der Waals surface area (Å²) in [6.45, 7) is 0.103. The number of carbonyl (C=O) groups excluding carboxylic acids is 1. The minimum atomic E-state index is -0.880. The number of carbonyl (C=O) groups is 2. The number of aliphatic carboxylic acids is 1. The number of hydrogen-bond donors (Lipinski definition) is 3. The number of rotatable bonds is 4. The highest BCUT2D eigenvalue weighted by Gasteiger charge is 2.50. The molecule has 0 unspecified atom stereocenters. The molecule has 18 heavy (non-hydrogen) atoms. The Balaban J connectivity index is 2.04. The van der Waals surface area contributed by atoms with E-state index in [0.717, 1.165) is 3.57 Å². The number of hydrogen-bond acceptors (Lipinski definition) is 3. The second kappa shape index (κ2) is 4.75. The summed E-state index contributed by atoms with van der Waals surface area (Å²) in [5.41, 5.74) is -0.629. The molecule has 0 saturated heterocycles. The normalized spacial score (nSPS) is 16.1. The lowest BCUT2D eigenvalue weighted by molar-refractivity contribution is -0.143. The number of carboxylic acids is 1. The van der Waals surface area contributed by atoms with Crippen molar-refractivity contribution in [2.24, 2.45) is 5.41 Å². The SMILES string of the molecule is O=C(NCC1(C(=O)O)CC1)c1cc(I)ccc1O. The monoisotopic (exact) mass is 361 g/mol. The third-order valence-corrected chi connectivity index (χ3v) is 3.77. The van der Waals surface area contributed by atoms with Gasteiger partial charge in [0, 0.05) is 10.1 Å². The van der Waals surface area contributed by atoms with Crippen LogP contribution in [0.1, 0.15) is 23.2 Å². The molecule has 6 heteroatoms. The van der Waals surface area contributed by atoms with Crippen molar-refractivity contribution in [1.82, 2.24) is 5.32 Å². The summed E-state index contributed by atoms with van der Waals surface area (Å²) in [5.74, 6) is -1.43. The molecule has 0 radical (unpaired) electrons. The van der Waals surface area contributed by atoms with Crippen molar-refractivity contribution in [2.75, 3.05) is 6.54 Å². The Morgan fingerprint density at radius 2 is 2.06 bits per heavy atom. The van der Waals surface area contributed by atoms with E-state index in [1.54, 1.807) is 12.1 Å². The molecule has 0 aromatic heterocycles. The van der Waals surface area contributed by atoms with Crippen molar-refractivity contribution < 1.29 is 19.8 Å². The van der Waals surface area contributed by atoms with Gasteiger partial charge in [-0.1, -0.05) is 0 Å². The van der Waals surface area contributed by atoms with E-state index in [0.29, 0.717) is 12.8 Å². The highest BCUT2D eigenvalue weighted by Crippen LogP contribution is 2.45. The van der Waals surface area contributed by atoms with Gasteiger partial charge in [0.2, 0.25) is 0 Å². The first-order valence-electron chi connectivity index (χ1n) is 5.45. The van der Waals surface area contributed by atoms with Gasteiger partial charge >= 0.3 is 5.97 Å². The van der Waals surface area contributed by atoms with Crippen LogP contribution in [-0.2, 0) is 4.79 Å². The second-order valence-corrected chi connectivity index (χ2v) is 5.68. The van der Waals surface area contributed by atoms with Crippen LogP contribution in [0.15, 0.2) is 18.2 Å². The van der Waals surface area contributed by atoms with E-state index in [9.17, 15) is 14.7 Å². The van der Waals surface area contributed by atoms with Crippen LogP contribution in [0.2, 0.25) is 0 Å². The summed E-state index contributed by atoms with van der Waals surface area (Å²) >= 11 is 2.04. The molecule has 1 saturated carbocycles. The average Bonchev–Trinajstić information content (AvgIpc) is 3.10. The van der Waals surface area contributed by atoms with Gasteiger partial charge in [0.25, 0.3) is 5.91 Å². The van der Waals surface area contributed by atoms with Crippen molar-refractivity contribution in [3.8, 4) is 5.75 Å². The first-order chi connectivity index (χ1) is 8.44. The number of aromatic hydroxyl groups is 1. The Kier molecular flexibility index (Phi) is 3.47. The molecule has 0 aliphatic heterocycles. The Morgan fingerprint density at radius 1 is 1.39 bits per heavy atom. The summed E-state index contributed by atoms with van der Waals surface area (Å²) in [6, 6.07) is 4.69. The Hall–Kier alpha value is -1.31. The molecule has 1 fully saturated rings. The Bertz CT molecular complexity index is 511. The first kappa shape index (κ1) is 13.1. The fourth-order valence-corrected chi connectivity index (χ4v) is 2.14. The maximum absolute atomic E-state index is 11.8. The van der Waals surface area contributed by atoms with Crippen molar-refractivity contribution in [2.45, 2.75) is 12.8 Å². The largest absolute Gasteiger partial charge is 0.507 e. The van der Waals surface area contributed by atoms with Crippen LogP contribution in [0.5, 0.6) is 5.75 Å². The minimum Gasteiger partial charge on any atom is -0.507 e. The average molecular weight is 361 g/mol. The zero-order valence-electron chi connectivity index (χ0n) is 9.44. The topological polar surface area (TPSA) is 86.6 Å². The molecule has 5 nitrogen and oxygen atoms in total. The van der Waals surface area contributed by atoms with Crippen molar-refractivity contribution in [3.05, 3.63) is 27.3 Å². The van der Waals surface area contributed by atoms with Crippen LogP contribution in [0.4, 0.5) is 0 Å². The van der Waals surface area contributed by atoms with Gasteiger partial charge in [0.1, 0.15) is 5.75 Å². The molecule has 1 amide bonds. The lowest BCUT2D eigenvalue weighted by Gasteiger charge is -2.11. The fourth-order valence-electron chi connectivity index (χ4n) is 1.65. The molecule has 96 valence electrons. The van der Waals surface area contributed by atoms with E-state index < -0.39 is 17.3 Å². The van der Waals surface area contributed by atoms with Gasteiger partial charge in [-0.3, -0.25) is 9.59 Å². The van der Waals surface area contributed by atoms with E-state index in [-0.39, 0.29) is 17.9 Å². The maximum Gasteiger partial charge on any atom is 0.311 e. The van der Waals surface area contributed by atoms with Gasteiger partial charge in [0.05, 0.1) is 11.0 Å². The van der Waals surface area contributed by atoms with E-state index in [4.69, 9.17) is 5.11 Å². The molecule has 0 atom stereocenters. The number of amides is 1. The Morgan fingerprint density at radius 3 is 2.61 bits per heavy atom. The number of phenolic OH excluding ortho intramolecular Hbond substituents is 1. The molecule has 1 aliphatic rings. The summed E-state index contributed by atoms with van der Waals surface area (Å²) in [6.07, 6.45) is 1.17. The van der Waals surface area contributed by atoms with E-state index in [2.05, 4.69) is 5.32 Å². The number of halogens is 1. The summed E-state index contributed by atoms with van der Waals surface area (Å²) < 4.78 is 0.829. The summed E-state index contributed by atoms with van der Waals surface area (Å²) in [5, 5.41) is 21.1. The quantitative estimate of drug-likeness (QED) is 0.711. The maximum atomic E-state index is 11.8. The highest BCUT2D eigenvalue weighted by molar-refractivity contribution is 14.1. The van der Waals surface area contributed by atoms with Crippen LogP contribution in [-0.4, -0.2) is 28.6 Å². The number of carboxylic acid groups (broad SMARTS) is 1. The zero-order chi connectivity index (χ0) is 13.3. The predicted octanol–water partition coefficient (Wildman–Crippen LogP) is 1.59. The molecule has 0 heterocycles. The number of nitrogens with one attached hydrogen (secondary N) is 1. The van der Waals surface area contributed by atoms with Crippen LogP contribution in [0.3, 0.4) is 0 Å². The zero-order valence-corrected chi connectivity index (χ0v) is 11.6. The highest BCUT2D eigenvalue weighted by atomic mass is 127. The lowest BCUT2D eigenvalue weighted by atomic mass is 10.1. The van der Waals surface area contributed by atoms with Crippen molar-refractivity contribution in [1.29, 1.82) is 0 Å². The van der Waals surface area contributed by atoms with E-state index in [1.165, 1.54) is 6.07 Å². The predicted molar refractivity (Wildman–Crippen MR) is 72.5 cm³/mol. The molecular formula is C12H12INO4. The lowest BCUT2D eigenvalue weighted by Crippen LogP contribution is -2.34. The molecule has 0 spiro atoms. The van der Waals surface area contributed by atoms with Gasteiger partial charge in [0.15, 0.2) is 0 Å². The Labute approximate surface area is 117 Å². The van der Waals surface area contributed by atoms with Gasteiger partial charge in [-0.2, -0.15) is 0 Å². The molecule has 3 N–H and O–H groups in total. The van der Waals surface area contributed by atoms with Gasteiger partial charge in [-0.25, -0.2) is 0 Å². The molecule has 2 rings (SSSR count). The second-order valence-electron chi connectivity index (χ2n) is 4.43. The van der Waals surface area contributed by atoms with Crippen molar-refractivity contribution >= 4 is 34.5 Å². The number of phenols is 1. The number of benzene rings is 1. The van der Waals surface area contributed by atoms with Crippen molar-refractivity contribution in [3.63, 3.8) is 0 Å². The molecular weight excluding hydrogens is 349 g/mol. The molecule has 1 aliphatic carbocycles. The van der Waals surface area contributed by atoms with E-state index >= 15 is 0 Å². The smallest absolute Gasteiger partial charge is 0.311 e.